The van der Waals surface area contributed by atoms with Gasteiger partial charge in [-0.2, -0.15) is 0 Å². The molecule has 22 heavy (non-hydrogen) atoms. The van der Waals surface area contributed by atoms with Gasteiger partial charge in [0.1, 0.15) is 11.5 Å². The molecule has 5 nitrogen and oxygen atoms in total. The van der Waals surface area contributed by atoms with E-state index in [2.05, 4.69) is 5.32 Å². The Morgan fingerprint density at radius 3 is 2.59 bits per heavy atom. The normalized spacial score (nSPS) is 11.6. The summed E-state index contributed by atoms with van der Waals surface area (Å²) >= 11 is 6.02. The highest BCUT2D eigenvalue weighted by molar-refractivity contribution is 6.32. The summed E-state index contributed by atoms with van der Waals surface area (Å²) in [5.41, 5.74) is 6.83. The second-order valence-electron chi connectivity index (χ2n) is 4.64. The average Bonchev–Trinajstić information content (AvgIpc) is 2.49. The number of para-hydroxylation sites is 2. The van der Waals surface area contributed by atoms with Crippen molar-refractivity contribution < 1.29 is 14.3 Å². The van der Waals surface area contributed by atoms with E-state index in [0.29, 0.717) is 27.9 Å². The summed E-state index contributed by atoms with van der Waals surface area (Å²) in [6, 6.07) is 12.0. The van der Waals surface area contributed by atoms with Gasteiger partial charge >= 0.3 is 0 Å². The number of nitrogen functional groups attached to an aromatic ring is 1. The summed E-state index contributed by atoms with van der Waals surface area (Å²) in [6.45, 7) is 1.65. The smallest absolute Gasteiger partial charge is 0.265 e. The van der Waals surface area contributed by atoms with Crippen molar-refractivity contribution in [3.05, 3.63) is 47.5 Å². The molecule has 2 rings (SSSR count). The molecule has 2 aromatic carbocycles. The summed E-state index contributed by atoms with van der Waals surface area (Å²) in [4.78, 5) is 12.1. The first-order valence-electron chi connectivity index (χ1n) is 6.67. The molecule has 6 heteroatoms. The van der Waals surface area contributed by atoms with Gasteiger partial charge in [-0.3, -0.25) is 4.79 Å². The zero-order valence-corrected chi connectivity index (χ0v) is 13.1. The van der Waals surface area contributed by atoms with Gasteiger partial charge in [0.05, 0.1) is 17.8 Å². The van der Waals surface area contributed by atoms with Gasteiger partial charge in [0.15, 0.2) is 6.10 Å². The van der Waals surface area contributed by atoms with E-state index in [-0.39, 0.29) is 5.91 Å². The Labute approximate surface area is 134 Å². The van der Waals surface area contributed by atoms with Crippen LogP contribution in [0.2, 0.25) is 5.02 Å². The zero-order valence-electron chi connectivity index (χ0n) is 12.3. The molecule has 2 aromatic rings. The number of amides is 1. The number of benzene rings is 2. The molecule has 0 aliphatic rings. The molecule has 0 aliphatic heterocycles. The topological polar surface area (TPSA) is 73.6 Å². The SMILES string of the molecule is COc1ccc(NC(=O)C(C)Oc2ccccc2N)cc1Cl. The molecule has 0 spiro atoms. The van der Waals surface area contributed by atoms with Crippen LogP contribution in [0.5, 0.6) is 11.5 Å². The third-order valence-corrected chi connectivity index (χ3v) is 3.31. The molecular formula is C16H17ClN2O3. The van der Waals surface area contributed by atoms with Gasteiger partial charge in [-0.15, -0.1) is 0 Å². The van der Waals surface area contributed by atoms with E-state index < -0.39 is 6.10 Å². The number of nitrogens with two attached hydrogens (primary N) is 1. The minimum Gasteiger partial charge on any atom is -0.495 e. The van der Waals surface area contributed by atoms with Crippen molar-refractivity contribution in [2.45, 2.75) is 13.0 Å². The van der Waals surface area contributed by atoms with Gasteiger partial charge in [-0.1, -0.05) is 23.7 Å². The van der Waals surface area contributed by atoms with Gasteiger partial charge in [-0.05, 0) is 37.3 Å². The fourth-order valence-corrected chi connectivity index (χ4v) is 2.08. The minimum absolute atomic E-state index is 0.301. The molecule has 0 saturated carbocycles. The Balaban J connectivity index is 2.02. The van der Waals surface area contributed by atoms with Crippen LogP contribution >= 0.6 is 11.6 Å². The largest absolute Gasteiger partial charge is 0.495 e. The lowest BCUT2D eigenvalue weighted by Gasteiger charge is -2.16. The van der Waals surface area contributed by atoms with Crippen molar-refractivity contribution in [3.63, 3.8) is 0 Å². The molecule has 1 unspecified atom stereocenters. The van der Waals surface area contributed by atoms with E-state index in [1.54, 1.807) is 49.4 Å². The highest BCUT2D eigenvalue weighted by atomic mass is 35.5. The van der Waals surface area contributed by atoms with Crippen molar-refractivity contribution in [1.29, 1.82) is 0 Å². The summed E-state index contributed by atoms with van der Waals surface area (Å²) < 4.78 is 10.6. The van der Waals surface area contributed by atoms with Gasteiger partial charge in [-0.25, -0.2) is 0 Å². The third kappa shape index (κ3) is 3.83. The van der Waals surface area contributed by atoms with Crippen LogP contribution in [0.1, 0.15) is 6.92 Å². The Kier molecular flexibility index (Phi) is 5.12. The lowest BCUT2D eigenvalue weighted by Crippen LogP contribution is -2.30. The fraction of sp³-hybridized carbons (Fsp3) is 0.188. The van der Waals surface area contributed by atoms with Crippen LogP contribution in [-0.2, 0) is 4.79 Å². The standard InChI is InChI=1S/C16H17ClN2O3/c1-10(22-15-6-4-3-5-13(15)18)16(20)19-11-7-8-14(21-2)12(17)9-11/h3-10H,18H2,1-2H3,(H,19,20). The predicted molar refractivity (Wildman–Crippen MR) is 87.6 cm³/mol. The molecular weight excluding hydrogens is 304 g/mol. The van der Waals surface area contributed by atoms with Gasteiger partial charge in [0.2, 0.25) is 0 Å². The maximum atomic E-state index is 12.1. The number of carbonyl (C=O) groups is 1. The van der Waals surface area contributed by atoms with E-state index in [0.717, 1.165) is 0 Å². The first kappa shape index (κ1) is 16.0. The Bertz CT molecular complexity index is 676. The maximum Gasteiger partial charge on any atom is 0.265 e. The number of halogens is 1. The van der Waals surface area contributed by atoms with Gasteiger partial charge in [0.25, 0.3) is 5.91 Å². The molecule has 0 radical (unpaired) electrons. The molecule has 116 valence electrons. The minimum atomic E-state index is -0.703. The number of anilines is 2. The number of ether oxygens (including phenoxy) is 2. The molecule has 1 atom stereocenters. The van der Waals surface area contributed by atoms with Crippen LogP contribution in [0.4, 0.5) is 11.4 Å². The molecule has 0 fully saturated rings. The number of hydrogen-bond donors (Lipinski definition) is 2. The summed E-state index contributed by atoms with van der Waals surface area (Å²) in [7, 11) is 1.53. The lowest BCUT2D eigenvalue weighted by molar-refractivity contribution is -0.122. The van der Waals surface area contributed by atoms with Crippen LogP contribution in [0.3, 0.4) is 0 Å². The van der Waals surface area contributed by atoms with E-state index >= 15 is 0 Å². The predicted octanol–water partition coefficient (Wildman–Crippen LogP) is 3.34. The van der Waals surface area contributed by atoms with Crippen molar-refractivity contribution in [3.8, 4) is 11.5 Å². The number of methoxy groups -OCH3 is 1. The summed E-state index contributed by atoms with van der Waals surface area (Å²) in [5.74, 6) is 0.712. The van der Waals surface area contributed by atoms with E-state index in [4.69, 9.17) is 26.8 Å². The van der Waals surface area contributed by atoms with Crippen LogP contribution in [0.15, 0.2) is 42.5 Å². The second kappa shape index (κ2) is 7.04. The van der Waals surface area contributed by atoms with Crippen LogP contribution < -0.4 is 20.5 Å². The molecule has 0 heterocycles. The maximum absolute atomic E-state index is 12.1. The number of hydrogen-bond acceptors (Lipinski definition) is 4. The monoisotopic (exact) mass is 320 g/mol. The second-order valence-corrected chi connectivity index (χ2v) is 5.04. The highest BCUT2D eigenvalue weighted by Gasteiger charge is 2.16. The lowest BCUT2D eigenvalue weighted by atomic mass is 10.2. The van der Waals surface area contributed by atoms with Crippen molar-refractivity contribution in [2.75, 3.05) is 18.2 Å². The van der Waals surface area contributed by atoms with Gasteiger partial charge in [0, 0.05) is 5.69 Å². The fourth-order valence-electron chi connectivity index (χ4n) is 1.82. The summed E-state index contributed by atoms with van der Waals surface area (Å²) in [6.07, 6.45) is -0.703. The van der Waals surface area contributed by atoms with Crippen molar-refractivity contribution >= 4 is 28.9 Å². The van der Waals surface area contributed by atoms with Crippen LogP contribution in [-0.4, -0.2) is 19.1 Å². The Hall–Kier alpha value is -2.40. The van der Waals surface area contributed by atoms with E-state index in [9.17, 15) is 4.79 Å². The average molecular weight is 321 g/mol. The molecule has 0 aromatic heterocycles. The Morgan fingerprint density at radius 2 is 1.95 bits per heavy atom. The van der Waals surface area contributed by atoms with E-state index in [1.165, 1.54) is 7.11 Å². The zero-order chi connectivity index (χ0) is 16.1. The number of rotatable bonds is 5. The quantitative estimate of drug-likeness (QED) is 0.829. The highest BCUT2D eigenvalue weighted by Crippen LogP contribution is 2.27. The molecule has 0 aliphatic carbocycles. The molecule has 0 bridgehead atoms. The van der Waals surface area contributed by atoms with Crippen molar-refractivity contribution in [1.82, 2.24) is 0 Å². The first-order valence-corrected chi connectivity index (χ1v) is 7.04. The number of nitrogens with one attached hydrogen (secondary N) is 1. The first-order chi connectivity index (χ1) is 10.5. The Morgan fingerprint density at radius 1 is 1.23 bits per heavy atom. The summed E-state index contributed by atoms with van der Waals surface area (Å²) in [5, 5.41) is 3.15. The van der Waals surface area contributed by atoms with Gasteiger partial charge < -0.3 is 20.5 Å². The third-order valence-electron chi connectivity index (χ3n) is 3.01. The molecule has 0 saturated heterocycles. The van der Waals surface area contributed by atoms with Crippen molar-refractivity contribution in [2.24, 2.45) is 0 Å². The van der Waals surface area contributed by atoms with E-state index in [1.807, 2.05) is 0 Å². The van der Waals surface area contributed by atoms with Crippen LogP contribution in [0, 0.1) is 0 Å². The van der Waals surface area contributed by atoms with Crippen LogP contribution in [0.25, 0.3) is 0 Å². The number of carbonyl (C=O) groups excluding carboxylic acids is 1. The molecule has 1 amide bonds. The molecule has 3 N–H and O–H groups in total.